The number of aromatic nitrogens is 2. The third-order valence-electron chi connectivity index (χ3n) is 3.18. The van der Waals surface area contributed by atoms with Gasteiger partial charge in [-0.2, -0.15) is 5.10 Å². The predicted molar refractivity (Wildman–Crippen MR) is 92.6 cm³/mol. The van der Waals surface area contributed by atoms with Gasteiger partial charge < -0.3 is 0 Å². The van der Waals surface area contributed by atoms with E-state index in [-0.39, 0.29) is 6.04 Å². The summed E-state index contributed by atoms with van der Waals surface area (Å²) in [5.74, 6) is 6.53. The first-order chi connectivity index (χ1) is 10.0. The minimum atomic E-state index is 0.126. The summed E-state index contributed by atoms with van der Waals surface area (Å²) in [4.78, 5) is 1.21. The van der Waals surface area contributed by atoms with E-state index in [1.54, 1.807) is 11.8 Å². The van der Waals surface area contributed by atoms with Gasteiger partial charge in [0.15, 0.2) is 0 Å². The molecule has 4 nitrogen and oxygen atoms in total. The summed E-state index contributed by atoms with van der Waals surface area (Å²) < 4.78 is 2.90. The van der Waals surface area contributed by atoms with Crippen molar-refractivity contribution in [2.75, 3.05) is 5.75 Å². The Morgan fingerprint density at radius 2 is 2.29 bits per heavy atom. The van der Waals surface area contributed by atoms with Crippen LogP contribution in [-0.4, -0.2) is 21.6 Å². The molecule has 21 heavy (non-hydrogen) atoms. The maximum atomic E-state index is 6.29. The van der Waals surface area contributed by atoms with Gasteiger partial charge in [0, 0.05) is 34.6 Å². The molecule has 0 bridgehead atoms. The third kappa shape index (κ3) is 4.47. The number of hydrogen-bond acceptors (Lipinski definition) is 4. The summed E-state index contributed by atoms with van der Waals surface area (Å²) >= 11 is 11.5. The smallest absolute Gasteiger partial charge is 0.0847 e. The Balaban J connectivity index is 2.00. The number of nitrogens with zero attached hydrogens (tertiary/aromatic N) is 2. The van der Waals surface area contributed by atoms with Crippen LogP contribution in [0.1, 0.15) is 11.4 Å². The van der Waals surface area contributed by atoms with Gasteiger partial charge >= 0.3 is 0 Å². The van der Waals surface area contributed by atoms with E-state index < -0.39 is 0 Å². The van der Waals surface area contributed by atoms with Crippen molar-refractivity contribution in [2.24, 2.45) is 12.9 Å². The number of hydrazine groups is 1. The van der Waals surface area contributed by atoms with E-state index >= 15 is 0 Å². The van der Waals surface area contributed by atoms with Gasteiger partial charge in [-0.05, 0) is 25.1 Å². The van der Waals surface area contributed by atoms with Crippen LogP contribution in [-0.2, 0) is 13.5 Å². The van der Waals surface area contributed by atoms with Crippen molar-refractivity contribution in [3.05, 3.63) is 45.1 Å². The van der Waals surface area contributed by atoms with Crippen molar-refractivity contribution < 1.29 is 0 Å². The van der Waals surface area contributed by atoms with Crippen LogP contribution in [0.5, 0.6) is 0 Å². The molecule has 0 radical (unpaired) electrons. The maximum Gasteiger partial charge on any atom is 0.0847 e. The average Bonchev–Trinajstić information content (AvgIpc) is 2.69. The van der Waals surface area contributed by atoms with Crippen LogP contribution in [0.4, 0.5) is 0 Å². The standard InChI is InChI=1S/C14H18BrClN4S/c1-9-14(16)13(20(2)19-9)7-11(18-17)8-21-12-5-3-4-10(15)6-12/h3-6,11,18H,7-8,17H2,1-2H3. The lowest BCUT2D eigenvalue weighted by Crippen LogP contribution is -2.39. The fourth-order valence-corrected chi connectivity index (χ4v) is 3.84. The Morgan fingerprint density at radius 1 is 1.52 bits per heavy atom. The van der Waals surface area contributed by atoms with E-state index in [1.807, 2.05) is 30.8 Å². The van der Waals surface area contributed by atoms with Gasteiger partial charge in [-0.1, -0.05) is 33.6 Å². The highest BCUT2D eigenvalue weighted by molar-refractivity contribution is 9.10. The lowest BCUT2D eigenvalue weighted by Gasteiger charge is -2.16. The number of halogens is 2. The number of benzene rings is 1. The quantitative estimate of drug-likeness (QED) is 0.452. The molecule has 3 N–H and O–H groups in total. The van der Waals surface area contributed by atoms with Gasteiger partial charge in [-0.3, -0.25) is 16.0 Å². The Morgan fingerprint density at radius 3 is 2.86 bits per heavy atom. The van der Waals surface area contributed by atoms with Gasteiger partial charge in [-0.25, -0.2) is 0 Å². The first kappa shape index (κ1) is 16.8. The molecule has 114 valence electrons. The molecule has 1 heterocycles. The van der Waals surface area contributed by atoms with E-state index in [0.717, 1.165) is 33.1 Å². The summed E-state index contributed by atoms with van der Waals surface area (Å²) in [6, 6.07) is 8.35. The maximum absolute atomic E-state index is 6.29. The first-order valence-corrected chi connectivity index (χ1v) is 8.69. The van der Waals surface area contributed by atoms with E-state index in [0.29, 0.717) is 0 Å². The van der Waals surface area contributed by atoms with Gasteiger partial charge in [0.2, 0.25) is 0 Å². The van der Waals surface area contributed by atoms with Crippen LogP contribution < -0.4 is 11.3 Å². The highest BCUT2D eigenvalue weighted by Crippen LogP contribution is 2.25. The number of rotatable bonds is 6. The molecule has 2 aromatic rings. The highest BCUT2D eigenvalue weighted by atomic mass is 79.9. The van der Waals surface area contributed by atoms with Crippen molar-refractivity contribution >= 4 is 39.3 Å². The second-order valence-electron chi connectivity index (χ2n) is 4.81. The summed E-state index contributed by atoms with van der Waals surface area (Å²) in [7, 11) is 1.91. The molecule has 1 unspecified atom stereocenters. The molecule has 1 aromatic carbocycles. The van der Waals surface area contributed by atoms with Gasteiger partial charge in [0.05, 0.1) is 16.4 Å². The van der Waals surface area contributed by atoms with Crippen LogP contribution >= 0.6 is 39.3 Å². The van der Waals surface area contributed by atoms with Gasteiger partial charge in [-0.15, -0.1) is 11.8 Å². The zero-order valence-electron chi connectivity index (χ0n) is 11.9. The Hall–Kier alpha value is -0.530. The second-order valence-corrected chi connectivity index (χ2v) is 7.19. The number of hydrogen-bond donors (Lipinski definition) is 2. The van der Waals surface area contributed by atoms with Crippen molar-refractivity contribution in [2.45, 2.75) is 24.3 Å². The molecule has 1 atom stereocenters. The molecule has 0 aliphatic carbocycles. The van der Waals surface area contributed by atoms with E-state index in [9.17, 15) is 0 Å². The Kier molecular flexibility index (Phi) is 6.13. The molecule has 0 saturated heterocycles. The molecule has 7 heteroatoms. The monoisotopic (exact) mass is 388 g/mol. The number of nitrogens with two attached hydrogens (primary N) is 1. The molecular weight excluding hydrogens is 372 g/mol. The molecule has 2 rings (SSSR count). The largest absolute Gasteiger partial charge is 0.271 e. The minimum absolute atomic E-state index is 0.126. The zero-order valence-corrected chi connectivity index (χ0v) is 15.1. The lowest BCUT2D eigenvalue weighted by atomic mass is 10.2. The summed E-state index contributed by atoms with van der Waals surface area (Å²) in [5, 5.41) is 5.06. The molecule has 0 spiro atoms. The predicted octanol–water partition coefficient (Wildman–Crippen LogP) is 3.31. The van der Waals surface area contributed by atoms with E-state index in [4.69, 9.17) is 17.4 Å². The molecule has 0 saturated carbocycles. The van der Waals surface area contributed by atoms with Crippen LogP contribution in [0.3, 0.4) is 0 Å². The molecule has 1 aromatic heterocycles. The molecule has 0 amide bonds. The average molecular weight is 390 g/mol. The summed E-state index contributed by atoms with van der Waals surface area (Å²) in [5.41, 5.74) is 4.72. The fourth-order valence-electron chi connectivity index (χ4n) is 2.05. The number of thioether (sulfide) groups is 1. The van der Waals surface area contributed by atoms with Gasteiger partial charge in [0.1, 0.15) is 0 Å². The summed E-state index contributed by atoms with van der Waals surface area (Å²) in [6.45, 7) is 1.91. The summed E-state index contributed by atoms with van der Waals surface area (Å²) in [6.07, 6.45) is 0.744. The van der Waals surface area contributed by atoms with Crippen molar-refractivity contribution in [3.63, 3.8) is 0 Å². The van der Waals surface area contributed by atoms with Crippen LogP contribution in [0.2, 0.25) is 5.02 Å². The zero-order chi connectivity index (χ0) is 15.4. The Labute approximate surface area is 142 Å². The normalized spacial score (nSPS) is 12.6. The van der Waals surface area contributed by atoms with Crippen molar-refractivity contribution in [1.29, 1.82) is 0 Å². The molecule has 0 fully saturated rings. The SMILES string of the molecule is Cc1nn(C)c(CC(CSc2cccc(Br)c2)NN)c1Cl. The fraction of sp³-hybridized carbons (Fsp3) is 0.357. The highest BCUT2D eigenvalue weighted by Gasteiger charge is 2.16. The number of aryl methyl sites for hydroxylation is 2. The van der Waals surface area contributed by atoms with Crippen molar-refractivity contribution in [3.8, 4) is 0 Å². The molecule has 0 aliphatic rings. The van der Waals surface area contributed by atoms with Crippen LogP contribution in [0, 0.1) is 6.92 Å². The minimum Gasteiger partial charge on any atom is -0.271 e. The van der Waals surface area contributed by atoms with Crippen LogP contribution in [0.25, 0.3) is 0 Å². The first-order valence-electron chi connectivity index (χ1n) is 6.53. The van der Waals surface area contributed by atoms with E-state index in [1.165, 1.54) is 4.90 Å². The lowest BCUT2D eigenvalue weighted by molar-refractivity contribution is 0.551. The topological polar surface area (TPSA) is 55.9 Å². The van der Waals surface area contributed by atoms with Crippen molar-refractivity contribution in [1.82, 2.24) is 15.2 Å². The van der Waals surface area contributed by atoms with E-state index in [2.05, 4.69) is 38.6 Å². The third-order valence-corrected chi connectivity index (χ3v) is 5.33. The van der Waals surface area contributed by atoms with Crippen LogP contribution in [0.15, 0.2) is 33.6 Å². The van der Waals surface area contributed by atoms with Gasteiger partial charge in [0.25, 0.3) is 0 Å². The molecular formula is C14H18BrClN4S. The second kappa shape index (κ2) is 7.65. The Bertz CT molecular complexity index is 617. The number of nitrogens with one attached hydrogen (secondary N) is 1. The molecule has 0 aliphatic heterocycles.